The maximum absolute atomic E-state index is 12.5. The molecule has 0 spiro atoms. The van der Waals surface area contributed by atoms with E-state index in [4.69, 9.17) is 0 Å². The molecule has 2 rings (SSSR count). The monoisotopic (exact) mass is 358 g/mol. The van der Waals surface area contributed by atoms with Gasteiger partial charge in [0.2, 0.25) is 0 Å². The van der Waals surface area contributed by atoms with Gasteiger partial charge in [0, 0.05) is 22.7 Å². The molecular formula is C14H19IN2O. The van der Waals surface area contributed by atoms with Gasteiger partial charge in [0.15, 0.2) is 0 Å². The van der Waals surface area contributed by atoms with E-state index in [9.17, 15) is 4.79 Å². The summed E-state index contributed by atoms with van der Waals surface area (Å²) in [6.45, 7) is 3.72. The van der Waals surface area contributed by atoms with E-state index in [0.29, 0.717) is 6.04 Å². The number of hydrogen-bond acceptors (Lipinski definition) is 2. The van der Waals surface area contributed by atoms with Crippen molar-refractivity contribution in [1.82, 2.24) is 10.2 Å². The van der Waals surface area contributed by atoms with Crippen LogP contribution in [-0.2, 0) is 0 Å². The number of carbonyl (C=O) groups is 1. The maximum Gasteiger partial charge on any atom is 0.254 e. The molecule has 1 N–H and O–H groups in total. The van der Waals surface area contributed by atoms with Crippen LogP contribution in [0.5, 0.6) is 0 Å². The normalized spacial score (nSPS) is 19.9. The SMILES string of the molecule is CNC1CCCN(C(=O)c2cc(C)ccc2I)C1. The molecule has 3 nitrogen and oxygen atoms in total. The quantitative estimate of drug-likeness (QED) is 0.824. The highest BCUT2D eigenvalue weighted by molar-refractivity contribution is 14.1. The lowest BCUT2D eigenvalue weighted by Crippen LogP contribution is -2.47. The number of piperidine rings is 1. The summed E-state index contributed by atoms with van der Waals surface area (Å²) in [6, 6.07) is 6.49. The first-order chi connectivity index (χ1) is 8.61. The molecular weight excluding hydrogens is 339 g/mol. The fourth-order valence-electron chi connectivity index (χ4n) is 2.37. The molecule has 1 aromatic carbocycles. The van der Waals surface area contributed by atoms with Gasteiger partial charge in [-0.25, -0.2) is 0 Å². The fraction of sp³-hybridized carbons (Fsp3) is 0.500. The van der Waals surface area contributed by atoms with Crippen LogP contribution in [0.1, 0.15) is 28.8 Å². The zero-order valence-corrected chi connectivity index (χ0v) is 13.0. The Kier molecular flexibility index (Phi) is 4.61. The third-order valence-electron chi connectivity index (χ3n) is 3.47. The van der Waals surface area contributed by atoms with Gasteiger partial charge in [0.25, 0.3) is 5.91 Å². The number of rotatable bonds is 2. The molecule has 1 saturated heterocycles. The topological polar surface area (TPSA) is 32.3 Å². The number of benzene rings is 1. The van der Waals surface area contributed by atoms with Gasteiger partial charge in [-0.05, 0) is 61.5 Å². The molecule has 1 fully saturated rings. The van der Waals surface area contributed by atoms with E-state index in [1.54, 1.807) is 0 Å². The lowest BCUT2D eigenvalue weighted by atomic mass is 10.0. The predicted molar refractivity (Wildman–Crippen MR) is 81.9 cm³/mol. The molecule has 98 valence electrons. The summed E-state index contributed by atoms with van der Waals surface area (Å²) >= 11 is 2.24. The molecule has 1 aliphatic rings. The number of likely N-dealkylation sites (tertiary alicyclic amines) is 1. The zero-order chi connectivity index (χ0) is 13.1. The molecule has 4 heteroatoms. The van der Waals surface area contributed by atoms with E-state index < -0.39 is 0 Å². The van der Waals surface area contributed by atoms with Gasteiger partial charge in [0.1, 0.15) is 0 Å². The van der Waals surface area contributed by atoms with Crippen molar-refractivity contribution in [1.29, 1.82) is 0 Å². The van der Waals surface area contributed by atoms with E-state index in [1.807, 2.05) is 37.1 Å². The van der Waals surface area contributed by atoms with Crippen LogP contribution in [0.2, 0.25) is 0 Å². The van der Waals surface area contributed by atoms with Gasteiger partial charge < -0.3 is 10.2 Å². The average molecular weight is 358 g/mol. The lowest BCUT2D eigenvalue weighted by Gasteiger charge is -2.32. The average Bonchev–Trinajstić information content (AvgIpc) is 2.41. The van der Waals surface area contributed by atoms with Crippen LogP contribution >= 0.6 is 22.6 Å². The summed E-state index contributed by atoms with van der Waals surface area (Å²) < 4.78 is 1.04. The summed E-state index contributed by atoms with van der Waals surface area (Å²) in [7, 11) is 1.97. The van der Waals surface area contributed by atoms with E-state index in [0.717, 1.165) is 40.6 Å². The number of nitrogens with zero attached hydrogens (tertiary/aromatic N) is 1. The van der Waals surface area contributed by atoms with Crippen molar-refractivity contribution in [3.05, 3.63) is 32.9 Å². The molecule has 1 heterocycles. The van der Waals surface area contributed by atoms with Gasteiger partial charge in [-0.1, -0.05) is 11.6 Å². The summed E-state index contributed by atoms with van der Waals surface area (Å²) in [5, 5.41) is 3.27. The van der Waals surface area contributed by atoms with Gasteiger partial charge in [-0.2, -0.15) is 0 Å². The first-order valence-electron chi connectivity index (χ1n) is 6.34. The number of amides is 1. The van der Waals surface area contributed by atoms with Crippen molar-refractivity contribution < 1.29 is 4.79 Å². The molecule has 1 atom stereocenters. The Balaban J connectivity index is 2.17. The van der Waals surface area contributed by atoms with Crippen LogP contribution in [0.15, 0.2) is 18.2 Å². The fourth-order valence-corrected chi connectivity index (χ4v) is 2.94. The van der Waals surface area contributed by atoms with Crippen molar-refractivity contribution in [2.24, 2.45) is 0 Å². The minimum Gasteiger partial charge on any atom is -0.337 e. The van der Waals surface area contributed by atoms with E-state index in [-0.39, 0.29) is 5.91 Å². The summed E-state index contributed by atoms with van der Waals surface area (Å²) in [5.74, 6) is 0.169. The molecule has 1 aliphatic heterocycles. The number of carbonyl (C=O) groups excluding carboxylic acids is 1. The molecule has 1 aromatic rings. The van der Waals surface area contributed by atoms with Crippen LogP contribution in [0, 0.1) is 10.5 Å². The van der Waals surface area contributed by atoms with Crippen LogP contribution in [0.25, 0.3) is 0 Å². The third kappa shape index (κ3) is 3.03. The van der Waals surface area contributed by atoms with Crippen LogP contribution in [-0.4, -0.2) is 37.0 Å². The summed E-state index contributed by atoms with van der Waals surface area (Å²) in [5.41, 5.74) is 1.98. The highest BCUT2D eigenvalue weighted by Crippen LogP contribution is 2.19. The molecule has 0 bridgehead atoms. The van der Waals surface area contributed by atoms with Crippen LogP contribution in [0.3, 0.4) is 0 Å². The maximum atomic E-state index is 12.5. The second-order valence-corrected chi connectivity index (χ2v) is 6.02. The van der Waals surface area contributed by atoms with Crippen molar-refractivity contribution >= 4 is 28.5 Å². The predicted octanol–water partition coefficient (Wildman–Crippen LogP) is 2.42. The highest BCUT2D eigenvalue weighted by atomic mass is 127. The molecule has 0 aromatic heterocycles. The first-order valence-corrected chi connectivity index (χ1v) is 7.42. The van der Waals surface area contributed by atoms with Crippen molar-refractivity contribution in [2.45, 2.75) is 25.8 Å². The number of likely N-dealkylation sites (N-methyl/N-ethyl adjacent to an activating group) is 1. The number of hydrogen-bond donors (Lipinski definition) is 1. The highest BCUT2D eigenvalue weighted by Gasteiger charge is 2.24. The zero-order valence-electron chi connectivity index (χ0n) is 10.9. The standard InChI is InChI=1S/C14H19IN2O/c1-10-5-6-13(15)12(8-10)14(18)17-7-3-4-11(9-17)16-2/h5-6,8,11,16H,3-4,7,9H2,1-2H3. The number of aryl methyl sites for hydroxylation is 1. The van der Waals surface area contributed by atoms with Gasteiger partial charge in [0.05, 0.1) is 5.56 Å². The molecule has 18 heavy (non-hydrogen) atoms. The van der Waals surface area contributed by atoms with Crippen LogP contribution < -0.4 is 5.32 Å². The molecule has 0 aliphatic carbocycles. The van der Waals surface area contributed by atoms with Crippen LogP contribution in [0.4, 0.5) is 0 Å². The third-order valence-corrected chi connectivity index (χ3v) is 4.41. The minimum absolute atomic E-state index is 0.169. The molecule has 0 radical (unpaired) electrons. The van der Waals surface area contributed by atoms with Gasteiger partial charge >= 0.3 is 0 Å². The Labute approximate surface area is 122 Å². The Morgan fingerprint density at radius 1 is 1.50 bits per heavy atom. The lowest BCUT2D eigenvalue weighted by molar-refractivity contribution is 0.0697. The Morgan fingerprint density at radius 2 is 2.28 bits per heavy atom. The summed E-state index contributed by atoms with van der Waals surface area (Å²) in [4.78, 5) is 14.5. The van der Waals surface area contributed by atoms with Gasteiger partial charge in [-0.15, -0.1) is 0 Å². The minimum atomic E-state index is 0.169. The smallest absolute Gasteiger partial charge is 0.254 e. The second-order valence-electron chi connectivity index (χ2n) is 4.86. The second kappa shape index (κ2) is 6.02. The summed E-state index contributed by atoms with van der Waals surface area (Å²) in [6.07, 6.45) is 2.24. The number of halogens is 1. The molecule has 0 saturated carbocycles. The molecule has 1 amide bonds. The van der Waals surface area contributed by atoms with E-state index in [2.05, 4.69) is 27.9 Å². The number of nitrogens with one attached hydrogen (secondary N) is 1. The Morgan fingerprint density at radius 3 is 3.00 bits per heavy atom. The van der Waals surface area contributed by atoms with E-state index >= 15 is 0 Å². The Hall–Kier alpha value is -0.620. The largest absolute Gasteiger partial charge is 0.337 e. The first kappa shape index (κ1) is 13.8. The van der Waals surface area contributed by atoms with Gasteiger partial charge in [-0.3, -0.25) is 4.79 Å². The van der Waals surface area contributed by atoms with Crippen molar-refractivity contribution in [2.75, 3.05) is 20.1 Å². The van der Waals surface area contributed by atoms with Crippen molar-refractivity contribution in [3.63, 3.8) is 0 Å². The Bertz CT molecular complexity index is 447. The van der Waals surface area contributed by atoms with Crippen molar-refractivity contribution in [3.8, 4) is 0 Å². The molecule has 1 unspecified atom stereocenters. The van der Waals surface area contributed by atoms with E-state index in [1.165, 1.54) is 0 Å².